The van der Waals surface area contributed by atoms with Gasteiger partial charge in [-0.3, -0.25) is 4.79 Å². The molecule has 1 aromatic rings. The summed E-state index contributed by atoms with van der Waals surface area (Å²) in [5.74, 6) is 0.274. The third kappa shape index (κ3) is 3.69. The number of anilines is 1. The van der Waals surface area contributed by atoms with E-state index in [1.807, 2.05) is 17.9 Å². The lowest BCUT2D eigenvalue weighted by atomic mass is 10.0. The number of amides is 1. The Morgan fingerprint density at radius 2 is 1.65 bits per heavy atom. The van der Waals surface area contributed by atoms with Gasteiger partial charge in [-0.05, 0) is 25.8 Å². The van der Waals surface area contributed by atoms with Crippen molar-refractivity contribution < 1.29 is 14.3 Å². The second-order valence-corrected chi connectivity index (χ2v) is 7.50. The Morgan fingerprint density at radius 1 is 1.00 bits per heavy atom. The molecule has 0 aliphatic carbocycles. The molecule has 3 fully saturated rings. The number of hydrogen-bond donors (Lipinski definition) is 0. The third-order valence-corrected chi connectivity index (χ3v) is 5.58. The maximum atomic E-state index is 12.9. The molecule has 0 saturated carbocycles. The van der Waals surface area contributed by atoms with Crippen molar-refractivity contribution in [2.24, 2.45) is 0 Å². The van der Waals surface area contributed by atoms with E-state index in [1.165, 1.54) is 12.8 Å². The zero-order valence-corrected chi connectivity index (χ0v) is 15.6. The van der Waals surface area contributed by atoms with E-state index in [1.54, 1.807) is 0 Å². The first-order valence-electron chi connectivity index (χ1n) is 9.83. The molecule has 0 unspecified atom stereocenters. The lowest BCUT2D eigenvalue weighted by Crippen LogP contribution is -2.46. The van der Waals surface area contributed by atoms with Gasteiger partial charge in [0.2, 0.25) is 5.95 Å². The zero-order valence-electron chi connectivity index (χ0n) is 15.6. The molecule has 0 N–H and O–H groups in total. The van der Waals surface area contributed by atoms with Gasteiger partial charge in [0.1, 0.15) is 5.69 Å². The molecule has 3 saturated heterocycles. The summed E-state index contributed by atoms with van der Waals surface area (Å²) in [6.45, 7) is 6.50. The van der Waals surface area contributed by atoms with Crippen molar-refractivity contribution in [1.82, 2.24) is 14.9 Å². The minimum absolute atomic E-state index is 0.0367. The van der Waals surface area contributed by atoms with Crippen LogP contribution in [0.25, 0.3) is 0 Å². The molecule has 1 spiro atoms. The van der Waals surface area contributed by atoms with Crippen molar-refractivity contribution in [3.8, 4) is 0 Å². The molecular weight excluding hydrogens is 332 g/mol. The second-order valence-electron chi connectivity index (χ2n) is 7.50. The van der Waals surface area contributed by atoms with E-state index >= 15 is 0 Å². The summed E-state index contributed by atoms with van der Waals surface area (Å²) in [4.78, 5) is 26.2. The summed E-state index contributed by atoms with van der Waals surface area (Å²) >= 11 is 0. The molecular formula is C19H28N4O3. The molecule has 26 heavy (non-hydrogen) atoms. The fourth-order valence-corrected chi connectivity index (χ4v) is 4.07. The Balaban J connectivity index is 1.48. The topological polar surface area (TPSA) is 67.8 Å². The Labute approximate surface area is 154 Å². The molecule has 3 aliphatic heterocycles. The van der Waals surface area contributed by atoms with Crippen molar-refractivity contribution in [3.63, 3.8) is 0 Å². The molecule has 0 radical (unpaired) electrons. The number of ether oxygens (including phenoxy) is 2. The summed E-state index contributed by atoms with van der Waals surface area (Å²) in [5.41, 5.74) is 1.35. The zero-order chi connectivity index (χ0) is 18.0. The van der Waals surface area contributed by atoms with Crippen LogP contribution in [-0.4, -0.2) is 66.0 Å². The molecule has 1 aromatic heterocycles. The SMILES string of the molecule is Cc1cc(C(=O)N2CCCCCC2)nc(N2CCC3(CC2)OCCO3)n1. The van der Waals surface area contributed by atoms with Gasteiger partial charge in [0.25, 0.3) is 5.91 Å². The molecule has 4 heterocycles. The van der Waals surface area contributed by atoms with Crippen LogP contribution in [0.5, 0.6) is 0 Å². The number of piperidine rings is 1. The van der Waals surface area contributed by atoms with E-state index in [-0.39, 0.29) is 5.91 Å². The Bertz CT molecular complexity index is 642. The van der Waals surface area contributed by atoms with Crippen LogP contribution in [0.15, 0.2) is 6.07 Å². The number of aryl methyl sites for hydroxylation is 1. The molecule has 4 rings (SSSR count). The van der Waals surface area contributed by atoms with Crippen LogP contribution in [0.3, 0.4) is 0 Å². The van der Waals surface area contributed by atoms with Crippen LogP contribution in [0.1, 0.15) is 54.7 Å². The maximum absolute atomic E-state index is 12.9. The van der Waals surface area contributed by atoms with Gasteiger partial charge in [-0.15, -0.1) is 0 Å². The van der Waals surface area contributed by atoms with Crippen molar-refractivity contribution >= 4 is 11.9 Å². The number of likely N-dealkylation sites (tertiary alicyclic amines) is 1. The molecule has 7 nitrogen and oxygen atoms in total. The molecule has 7 heteroatoms. The highest BCUT2D eigenvalue weighted by molar-refractivity contribution is 5.92. The number of hydrogen-bond acceptors (Lipinski definition) is 6. The van der Waals surface area contributed by atoms with Crippen molar-refractivity contribution in [3.05, 3.63) is 17.5 Å². The Hall–Kier alpha value is -1.73. The van der Waals surface area contributed by atoms with Crippen LogP contribution < -0.4 is 4.90 Å². The first-order chi connectivity index (χ1) is 12.7. The summed E-state index contributed by atoms with van der Waals surface area (Å²) in [6.07, 6.45) is 6.18. The van der Waals surface area contributed by atoms with Crippen molar-refractivity contribution in [2.75, 3.05) is 44.3 Å². The monoisotopic (exact) mass is 360 g/mol. The average molecular weight is 360 g/mol. The third-order valence-electron chi connectivity index (χ3n) is 5.58. The number of carbonyl (C=O) groups is 1. The van der Waals surface area contributed by atoms with Crippen molar-refractivity contribution in [2.45, 2.75) is 51.2 Å². The van der Waals surface area contributed by atoms with Crippen molar-refractivity contribution in [1.29, 1.82) is 0 Å². The number of carbonyl (C=O) groups excluding carboxylic acids is 1. The molecule has 3 aliphatic rings. The van der Waals surface area contributed by atoms with Crippen LogP contribution in [0.2, 0.25) is 0 Å². The summed E-state index contributed by atoms with van der Waals surface area (Å²) in [5, 5.41) is 0. The minimum Gasteiger partial charge on any atom is -0.347 e. The van der Waals surface area contributed by atoms with E-state index in [4.69, 9.17) is 9.47 Å². The van der Waals surface area contributed by atoms with Crippen LogP contribution in [-0.2, 0) is 9.47 Å². The maximum Gasteiger partial charge on any atom is 0.272 e. The highest BCUT2D eigenvalue weighted by Crippen LogP contribution is 2.32. The van der Waals surface area contributed by atoms with E-state index in [2.05, 4.69) is 14.9 Å². The Morgan fingerprint density at radius 3 is 2.31 bits per heavy atom. The quantitative estimate of drug-likeness (QED) is 0.805. The van der Waals surface area contributed by atoms with E-state index in [9.17, 15) is 4.79 Å². The van der Waals surface area contributed by atoms with Crippen LogP contribution in [0.4, 0.5) is 5.95 Å². The molecule has 0 aromatic carbocycles. The lowest BCUT2D eigenvalue weighted by molar-refractivity contribution is -0.169. The summed E-state index contributed by atoms with van der Waals surface area (Å²) < 4.78 is 11.6. The van der Waals surface area contributed by atoms with Gasteiger partial charge in [-0.2, -0.15) is 0 Å². The molecule has 0 atom stereocenters. The molecule has 142 valence electrons. The van der Waals surface area contributed by atoms with Crippen LogP contribution in [0, 0.1) is 6.92 Å². The highest BCUT2D eigenvalue weighted by Gasteiger charge is 2.40. The number of aromatic nitrogens is 2. The number of rotatable bonds is 2. The standard InChI is InChI=1S/C19H28N4O3/c1-15-14-16(17(24)22-8-4-2-3-5-9-22)21-18(20-15)23-10-6-19(7-11-23)25-12-13-26-19/h14H,2-13H2,1H3. The fraction of sp³-hybridized carbons (Fsp3) is 0.737. The van der Waals surface area contributed by atoms with Gasteiger partial charge in [-0.1, -0.05) is 12.8 Å². The normalized spacial score (nSPS) is 23.3. The first-order valence-corrected chi connectivity index (χ1v) is 9.83. The van der Waals surface area contributed by atoms with Gasteiger partial charge in [0.05, 0.1) is 13.2 Å². The largest absolute Gasteiger partial charge is 0.347 e. The van der Waals surface area contributed by atoms with Gasteiger partial charge >= 0.3 is 0 Å². The van der Waals surface area contributed by atoms with Crippen LogP contribution >= 0.6 is 0 Å². The molecule has 0 bridgehead atoms. The fourth-order valence-electron chi connectivity index (χ4n) is 4.07. The van der Waals surface area contributed by atoms with Gasteiger partial charge in [-0.25, -0.2) is 9.97 Å². The Kier molecular flexibility index (Phi) is 5.09. The van der Waals surface area contributed by atoms with E-state index < -0.39 is 5.79 Å². The summed E-state index contributed by atoms with van der Waals surface area (Å²) in [7, 11) is 0. The molecule has 1 amide bonds. The highest BCUT2D eigenvalue weighted by atomic mass is 16.7. The first kappa shape index (κ1) is 17.7. The van der Waals surface area contributed by atoms with E-state index in [0.29, 0.717) is 24.9 Å². The van der Waals surface area contributed by atoms with E-state index in [0.717, 1.165) is 57.6 Å². The predicted octanol–water partition coefficient (Wildman–Crippen LogP) is 2.14. The van der Waals surface area contributed by atoms with Gasteiger partial charge in [0, 0.05) is 44.7 Å². The smallest absolute Gasteiger partial charge is 0.272 e. The average Bonchev–Trinajstić information content (AvgIpc) is 2.93. The lowest BCUT2D eigenvalue weighted by Gasteiger charge is -2.37. The van der Waals surface area contributed by atoms with Gasteiger partial charge in [0.15, 0.2) is 5.79 Å². The predicted molar refractivity (Wildman–Crippen MR) is 97.2 cm³/mol. The second kappa shape index (κ2) is 7.48. The minimum atomic E-state index is -0.412. The van der Waals surface area contributed by atoms with Gasteiger partial charge < -0.3 is 19.3 Å². The number of nitrogens with zero attached hydrogens (tertiary/aromatic N) is 4. The summed E-state index contributed by atoms with van der Waals surface area (Å²) in [6, 6.07) is 1.81.